The van der Waals surface area contributed by atoms with Crippen LogP contribution in [0, 0.1) is 11.3 Å². The van der Waals surface area contributed by atoms with Gasteiger partial charge in [-0.2, -0.15) is 5.26 Å². The minimum absolute atomic E-state index is 0.215. The summed E-state index contributed by atoms with van der Waals surface area (Å²) in [5.41, 5.74) is 2.25. The Bertz CT molecular complexity index is 943. The maximum atomic E-state index is 8.89. The third-order valence-electron chi connectivity index (χ3n) is 4.42. The Morgan fingerprint density at radius 2 is 1.92 bits per heavy atom. The molecule has 0 spiro atoms. The molecule has 130 valence electrons. The summed E-state index contributed by atoms with van der Waals surface area (Å²) in [6, 6.07) is 15.2. The number of rotatable bonds is 4. The third kappa shape index (κ3) is 3.58. The van der Waals surface area contributed by atoms with Crippen molar-refractivity contribution in [2.24, 2.45) is 0 Å². The van der Waals surface area contributed by atoms with E-state index in [0.717, 1.165) is 48.3 Å². The van der Waals surface area contributed by atoms with Crippen LogP contribution in [0.15, 0.2) is 48.7 Å². The van der Waals surface area contributed by atoms with Crippen LogP contribution >= 0.6 is 0 Å². The lowest BCUT2D eigenvalue weighted by Crippen LogP contribution is -2.34. The predicted molar refractivity (Wildman–Crippen MR) is 100 cm³/mol. The number of nitrogens with zero attached hydrogens (tertiary/aromatic N) is 3. The molecule has 3 aromatic rings. The molecule has 1 aliphatic heterocycles. The van der Waals surface area contributed by atoms with Gasteiger partial charge in [0.05, 0.1) is 11.6 Å². The minimum Gasteiger partial charge on any atom is -0.488 e. The van der Waals surface area contributed by atoms with Gasteiger partial charge in [0.2, 0.25) is 5.95 Å². The zero-order chi connectivity index (χ0) is 17.8. The van der Waals surface area contributed by atoms with Crippen molar-refractivity contribution in [1.82, 2.24) is 15.3 Å². The molecule has 1 saturated heterocycles. The van der Waals surface area contributed by atoms with Gasteiger partial charge in [0.1, 0.15) is 17.4 Å². The van der Waals surface area contributed by atoms with E-state index in [9.17, 15) is 0 Å². The fourth-order valence-electron chi connectivity index (χ4n) is 3.03. The smallest absolute Gasteiger partial charge is 0.227 e. The highest BCUT2D eigenvalue weighted by atomic mass is 16.5. The van der Waals surface area contributed by atoms with Crippen LogP contribution in [-0.2, 0) is 0 Å². The lowest BCUT2D eigenvalue weighted by molar-refractivity contribution is 0.164. The van der Waals surface area contributed by atoms with Crippen LogP contribution in [0.3, 0.4) is 0 Å². The number of hydrogen-bond donors (Lipinski definition) is 2. The summed E-state index contributed by atoms with van der Waals surface area (Å²) in [6.07, 6.45) is 4.01. The minimum atomic E-state index is 0.215. The average molecular weight is 345 g/mol. The number of benzene rings is 2. The second-order valence-corrected chi connectivity index (χ2v) is 6.27. The number of aromatic nitrogens is 2. The van der Waals surface area contributed by atoms with Crippen molar-refractivity contribution in [3.8, 4) is 11.8 Å². The monoisotopic (exact) mass is 345 g/mol. The van der Waals surface area contributed by atoms with Crippen molar-refractivity contribution >= 4 is 22.5 Å². The van der Waals surface area contributed by atoms with E-state index in [0.29, 0.717) is 11.5 Å². The fourth-order valence-corrected chi connectivity index (χ4v) is 3.03. The fraction of sp³-hybridized carbons (Fsp3) is 0.250. The SMILES string of the molecule is N#Cc1ccc(Nc2ncc3cccc(OC4CCNCC4)c3n2)cc1. The first-order valence-corrected chi connectivity index (χ1v) is 8.72. The molecule has 6 heteroatoms. The summed E-state index contributed by atoms with van der Waals surface area (Å²) < 4.78 is 6.21. The number of piperidine rings is 1. The van der Waals surface area contributed by atoms with Crippen molar-refractivity contribution in [2.75, 3.05) is 18.4 Å². The van der Waals surface area contributed by atoms with Gasteiger partial charge in [0.25, 0.3) is 0 Å². The number of fused-ring (bicyclic) bond motifs is 1. The number of anilines is 2. The molecule has 0 radical (unpaired) electrons. The van der Waals surface area contributed by atoms with Gasteiger partial charge in [-0.3, -0.25) is 0 Å². The summed E-state index contributed by atoms with van der Waals surface area (Å²) >= 11 is 0. The van der Waals surface area contributed by atoms with Crippen molar-refractivity contribution < 1.29 is 4.74 Å². The molecule has 0 atom stereocenters. The highest BCUT2D eigenvalue weighted by Gasteiger charge is 2.16. The third-order valence-corrected chi connectivity index (χ3v) is 4.42. The standard InChI is InChI=1S/C20H19N5O/c21-12-14-4-6-16(7-5-14)24-20-23-13-15-2-1-3-18(19(15)25-20)26-17-8-10-22-11-9-17/h1-7,13,17,22H,8-11H2,(H,23,24,25). The van der Waals surface area contributed by atoms with E-state index in [1.54, 1.807) is 18.3 Å². The first-order chi connectivity index (χ1) is 12.8. The van der Waals surface area contributed by atoms with Crippen LogP contribution in [0.4, 0.5) is 11.6 Å². The lowest BCUT2D eigenvalue weighted by atomic mass is 10.1. The van der Waals surface area contributed by atoms with E-state index in [2.05, 4.69) is 26.7 Å². The Hall–Kier alpha value is -3.17. The van der Waals surface area contributed by atoms with Gasteiger partial charge in [-0.1, -0.05) is 12.1 Å². The quantitative estimate of drug-likeness (QED) is 0.754. The molecule has 2 N–H and O–H groups in total. The van der Waals surface area contributed by atoms with Crippen LogP contribution in [-0.4, -0.2) is 29.2 Å². The van der Waals surface area contributed by atoms with Gasteiger partial charge in [-0.25, -0.2) is 9.97 Å². The van der Waals surface area contributed by atoms with E-state index in [4.69, 9.17) is 10.00 Å². The zero-order valence-corrected chi connectivity index (χ0v) is 14.3. The van der Waals surface area contributed by atoms with E-state index in [1.165, 1.54) is 0 Å². The van der Waals surface area contributed by atoms with Gasteiger partial charge in [0.15, 0.2) is 0 Å². The maximum Gasteiger partial charge on any atom is 0.227 e. The number of nitriles is 1. The van der Waals surface area contributed by atoms with Crippen molar-refractivity contribution in [3.05, 3.63) is 54.2 Å². The molecule has 2 aromatic carbocycles. The summed E-state index contributed by atoms with van der Waals surface area (Å²) in [7, 11) is 0. The van der Waals surface area contributed by atoms with Gasteiger partial charge >= 0.3 is 0 Å². The molecule has 0 bridgehead atoms. The van der Waals surface area contributed by atoms with E-state index >= 15 is 0 Å². The number of ether oxygens (including phenoxy) is 1. The molecular formula is C20H19N5O. The Morgan fingerprint density at radius 1 is 1.12 bits per heavy atom. The molecule has 26 heavy (non-hydrogen) atoms. The molecule has 1 fully saturated rings. The molecular weight excluding hydrogens is 326 g/mol. The van der Waals surface area contributed by atoms with Crippen LogP contribution < -0.4 is 15.4 Å². The highest BCUT2D eigenvalue weighted by Crippen LogP contribution is 2.27. The Balaban J connectivity index is 1.60. The summed E-state index contributed by atoms with van der Waals surface area (Å²) in [6.45, 7) is 1.96. The number of hydrogen-bond acceptors (Lipinski definition) is 6. The maximum absolute atomic E-state index is 8.89. The van der Waals surface area contributed by atoms with Crippen molar-refractivity contribution in [2.45, 2.75) is 18.9 Å². The van der Waals surface area contributed by atoms with E-state index < -0.39 is 0 Å². The largest absolute Gasteiger partial charge is 0.488 e. The number of para-hydroxylation sites is 1. The zero-order valence-electron chi connectivity index (χ0n) is 14.3. The van der Waals surface area contributed by atoms with Gasteiger partial charge in [-0.05, 0) is 56.3 Å². The lowest BCUT2D eigenvalue weighted by Gasteiger charge is -2.24. The molecule has 1 aliphatic rings. The molecule has 1 aromatic heterocycles. The number of nitrogens with one attached hydrogen (secondary N) is 2. The van der Waals surface area contributed by atoms with Crippen molar-refractivity contribution in [1.29, 1.82) is 5.26 Å². The summed E-state index contributed by atoms with van der Waals surface area (Å²) in [5.74, 6) is 1.29. The topological polar surface area (TPSA) is 82.9 Å². The molecule has 0 saturated carbocycles. The Kier molecular flexibility index (Phi) is 4.63. The molecule has 0 aliphatic carbocycles. The normalized spacial score (nSPS) is 14.7. The summed E-state index contributed by atoms with van der Waals surface area (Å²) in [4.78, 5) is 9.03. The van der Waals surface area contributed by atoms with Crippen LogP contribution in [0.1, 0.15) is 18.4 Å². The van der Waals surface area contributed by atoms with Crippen LogP contribution in [0.25, 0.3) is 10.9 Å². The Morgan fingerprint density at radius 3 is 2.69 bits per heavy atom. The first kappa shape index (κ1) is 16.3. The first-order valence-electron chi connectivity index (χ1n) is 8.72. The van der Waals surface area contributed by atoms with E-state index in [1.807, 2.05) is 30.3 Å². The average Bonchev–Trinajstić information content (AvgIpc) is 2.70. The molecule has 2 heterocycles. The van der Waals surface area contributed by atoms with Crippen LogP contribution in [0.5, 0.6) is 5.75 Å². The highest BCUT2D eigenvalue weighted by molar-refractivity contribution is 5.85. The second kappa shape index (κ2) is 7.38. The van der Waals surface area contributed by atoms with Gasteiger partial charge in [-0.15, -0.1) is 0 Å². The molecule has 0 unspecified atom stereocenters. The Labute approximate surface area is 151 Å². The summed E-state index contributed by atoms with van der Waals surface area (Å²) in [5, 5.41) is 16.4. The molecule has 0 amide bonds. The van der Waals surface area contributed by atoms with Gasteiger partial charge in [0, 0.05) is 17.3 Å². The van der Waals surface area contributed by atoms with Gasteiger partial charge < -0.3 is 15.4 Å². The second-order valence-electron chi connectivity index (χ2n) is 6.27. The van der Waals surface area contributed by atoms with E-state index in [-0.39, 0.29) is 6.10 Å². The van der Waals surface area contributed by atoms with Crippen LogP contribution in [0.2, 0.25) is 0 Å². The molecule has 4 rings (SSSR count). The predicted octanol–water partition coefficient (Wildman–Crippen LogP) is 3.38. The van der Waals surface area contributed by atoms with Crippen molar-refractivity contribution in [3.63, 3.8) is 0 Å². The molecule has 6 nitrogen and oxygen atoms in total.